The van der Waals surface area contributed by atoms with Gasteiger partial charge in [0.2, 0.25) is 0 Å². The zero-order valence-corrected chi connectivity index (χ0v) is 19.9. The Morgan fingerprint density at radius 3 is 2.27 bits per heavy atom. The molecule has 2 aromatic carbocycles. The minimum absolute atomic E-state index is 0.142. The molecule has 0 saturated heterocycles. The minimum atomic E-state index is -0.641. The summed E-state index contributed by atoms with van der Waals surface area (Å²) in [6.07, 6.45) is 7.25. The number of aliphatic hydroxyl groups excluding tert-OH is 1. The molecule has 0 spiro atoms. The Balaban J connectivity index is 1.75. The zero-order chi connectivity index (χ0) is 23.8. The van der Waals surface area contributed by atoms with Crippen LogP contribution in [0.2, 0.25) is 0 Å². The molecule has 1 N–H and O–H groups in total. The maximum Gasteiger partial charge on any atom is 0.290 e. The summed E-state index contributed by atoms with van der Waals surface area (Å²) in [5, 5.41) is 10.5. The van der Waals surface area contributed by atoms with Crippen molar-refractivity contribution in [3.05, 3.63) is 77.1 Å². The second-order valence-corrected chi connectivity index (χ2v) is 8.71. The molecule has 3 rings (SSSR count). The molecule has 2 unspecified atom stereocenters. The molecule has 5 heteroatoms. The van der Waals surface area contributed by atoms with Crippen molar-refractivity contribution in [1.82, 2.24) is 4.90 Å². The van der Waals surface area contributed by atoms with E-state index in [0.29, 0.717) is 6.61 Å². The molecule has 1 aliphatic heterocycles. The van der Waals surface area contributed by atoms with Crippen LogP contribution < -0.4 is 4.74 Å². The van der Waals surface area contributed by atoms with Crippen LogP contribution in [0, 0.1) is 0 Å². The van der Waals surface area contributed by atoms with Crippen LogP contribution in [0.5, 0.6) is 5.75 Å². The SMILES string of the molecule is CCCCCCCCOc1ccc(C2C(C(C)=O)=C(O)C(=O)N2C(C)c2ccccc2)cc1. The maximum atomic E-state index is 13.0. The molecule has 0 radical (unpaired) electrons. The summed E-state index contributed by atoms with van der Waals surface area (Å²) in [6.45, 7) is 6.19. The van der Waals surface area contributed by atoms with Crippen LogP contribution in [0.4, 0.5) is 0 Å². The molecule has 2 aromatic rings. The second kappa shape index (κ2) is 11.7. The van der Waals surface area contributed by atoms with Gasteiger partial charge in [-0.25, -0.2) is 0 Å². The Morgan fingerprint density at radius 2 is 1.64 bits per heavy atom. The monoisotopic (exact) mass is 449 g/mol. The van der Waals surface area contributed by atoms with E-state index in [-0.39, 0.29) is 17.4 Å². The van der Waals surface area contributed by atoms with E-state index in [1.165, 1.54) is 39.0 Å². The number of benzene rings is 2. The van der Waals surface area contributed by atoms with E-state index in [1.54, 1.807) is 4.90 Å². The Kier molecular flexibility index (Phi) is 8.70. The third-order valence-electron chi connectivity index (χ3n) is 6.28. The zero-order valence-electron chi connectivity index (χ0n) is 19.9. The number of amides is 1. The van der Waals surface area contributed by atoms with Gasteiger partial charge in [-0.1, -0.05) is 81.5 Å². The number of nitrogens with zero attached hydrogens (tertiary/aromatic N) is 1. The summed E-state index contributed by atoms with van der Waals surface area (Å²) in [5.41, 5.74) is 1.85. The molecule has 0 fully saturated rings. The fourth-order valence-electron chi connectivity index (χ4n) is 4.42. The van der Waals surface area contributed by atoms with Gasteiger partial charge in [-0.2, -0.15) is 0 Å². The lowest BCUT2D eigenvalue weighted by molar-refractivity contribution is -0.131. The van der Waals surface area contributed by atoms with Gasteiger partial charge in [0.15, 0.2) is 11.5 Å². The lowest BCUT2D eigenvalue weighted by Crippen LogP contribution is -2.33. The third kappa shape index (κ3) is 5.84. The quantitative estimate of drug-likeness (QED) is 0.377. The topological polar surface area (TPSA) is 66.8 Å². The van der Waals surface area contributed by atoms with Crippen molar-refractivity contribution in [2.45, 2.75) is 71.4 Å². The number of carbonyl (C=O) groups excluding carboxylic acids is 2. The molecule has 0 bridgehead atoms. The Morgan fingerprint density at radius 1 is 1.00 bits per heavy atom. The van der Waals surface area contributed by atoms with Crippen molar-refractivity contribution < 1.29 is 19.4 Å². The van der Waals surface area contributed by atoms with Gasteiger partial charge in [-0.3, -0.25) is 9.59 Å². The number of hydrogen-bond donors (Lipinski definition) is 1. The molecular weight excluding hydrogens is 414 g/mol. The van der Waals surface area contributed by atoms with Gasteiger partial charge in [0.1, 0.15) is 5.75 Å². The van der Waals surface area contributed by atoms with Gasteiger partial charge in [-0.15, -0.1) is 0 Å². The smallest absolute Gasteiger partial charge is 0.290 e. The summed E-state index contributed by atoms with van der Waals surface area (Å²) in [4.78, 5) is 27.0. The molecule has 1 heterocycles. The van der Waals surface area contributed by atoms with E-state index in [4.69, 9.17) is 4.74 Å². The fraction of sp³-hybridized carbons (Fsp3) is 0.429. The summed E-state index contributed by atoms with van der Waals surface area (Å²) < 4.78 is 5.88. The molecular formula is C28H35NO4. The number of ether oxygens (including phenoxy) is 1. The lowest BCUT2D eigenvalue weighted by atomic mass is 9.95. The highest BCUT2D eigenvalue weighted by molar-refractivity contribution is 6.08. The summed E-state index contributed by atoms with van der Waals surface area (Å²) in [5.74, 6) is -0.530. The maximum absolute atomic E-state index is 13.0. The van der Waals surface area contributed by atoms with Crippen LogP contribution in [0.15, 0.2) is 65.9 Å². The predicted molar refractivity (Wildman–Crippen MR) is 130 cm³/mol. The first-order valence-electron chi connectivity index (χ1n) is 12.0. The van der Waals surface area contributed by atoms with Crippen molar-refractivity contribution in [2.24, 2.45) is 0 Å². The van der Waals surface area contributed by atoms with Crippen LogP contribution in [0.1, 0.15) is 82.5 Å². The van der Waals surface area contributed by atoms with E-state index in [0.717, 1.165) is 23.3 Å². The van der Waals surface area contributed by atoms with Crippen molar-refractivity contribution in [2.75, 3.05) is 6.61 Å². The number of hydrogen-bond acceptors (Lipinski definition) is 4. The van der Waals surface area contributed by atoms with E-state index in [2.05, 4.69) is 6.92 Å². The Bertz CT molecular complexity index is 965. The molecule has 5 nitrogen and oxygen atoms in total. The summed E-state index contributed by atoms with van der Waals surface area (Å²) in [7, 11) is 0. The molecule has 1 amide bonds. The molecule has 0 saturated carbocycles. The average Bonchev–Trinajstić information content (AvgIpc) is 3.09. The van der Waals surface area contributed by atoms with Gasteiger partial charge in [0.25, 0.3) is 5.91 Å². The number of carbonyl (C=O) groups is 2. The van der Waals surface area contributed by atoms with E-state index in [9.17, 15) is 14.7 Å². The molecule has 0 aliphatic carbocycles. The molecule has 2 atom stereocenters. The van der Waals surface area contributed by atoms with Gasteiger partial charge in [0, 0.05) is 0 Å². The number of Topliss-reactive ketones (excluding diaryl/α,β-unsaturated/α-hetero) is 1. The van der Waals surface area contributed by atoms with Crippen LogP contribution >= 0.6 is 0 Å². The number of unbranched alkanes of at least 4 members (excludes halogenated alkanes) is 5. The highest BCUT2D eigenvalue weighted by Gasteiger charge is 2.44. The normalized spacial score (nSPS) is 16.9. The van der Waals surface area contributed by atoms with Crippen LogP contribution in [0.25, 0.3) is 0 Å². The van der Waals surface area contributed by atoms with Crippen molar-refractivity contribution in [1.29, 1.82) is 0 Å². The predicted octanol–water partition coefficient (Wildman–Crippen LogP) is 6.47. The standard InChI is InChI=1S/C28H35NO4/c1-4-5-6-7-8-12-19-33-24-17-15-23(16-18-24)26-25(21(3)30)27(31)28(32)29(26)20(2)22-13-10-9-11-14-22/h9-11,13-18,20,26,31H,4-8,12,19H2,1-3H3. The number of rotatable bonds is 12. The average molecular weight is 450 g/mol. The fourth-order valence-corrected chi connectivity index (χ4v) is 4.42. The molecule has 0 aromatic heterocycles. The molecule has 176 valence electrons. The van der Waals surface area contributed by atoms with Crippen molar-refractivity contribution in [3.63, 3.8) is 0 Å². The number of ketones is 1. The van der Waals surface area contributed by atoms with Crippen LogP contribution in [-0.2, 0) is 9.59 Å². The van der Waals surface area contributed by atoms with Gasteiger partial charge >= 0.3 is 0 Å². The third-order valence-corrected chi connectivity index (χ3v) is 6.28. The van der Waals surface area contributed by atoms with E-state index < -0.39 is 17.7 Å². The molecule has 33 heavy (non-hydrogen) atoms. The van der Waals surface area contributed by atoms with Crippen molar-refractivity contribution >= 4 is 11.7 Å². The first kappa shape index (κ1) is 24.6. The van der Waals surface area contributed by atoms with E-state index >= 15 is 0 Å². The first-order chi connectivity index (χ1) is 16.0. The Hall–Kier alpha value is -3.08. The summed E-state index contributed by atoms with van der Waals surface area (Å²) >= 11 is 0. The minimum Gasteiger partial charge on any atom is -0.503 e. The second-order valence-electron chi connectivity index (χ2n) is 8.71. The largest absolute Gasteiger partial charge is 0.503 e. The first-order valence-corrected chi connectivity index (χ1v) is 12.0. The highest BCUT2D eigenvalue weighted by Crippen LogP contribution is 2.43. The number of aliphatic hydroxyl groups is 1. The van der Waals surface area contributed by atoms with Gasteiger partial charge in [0.05, 0.1) is 24.3 Å². The van der Waals surface area contributed by atoms with Crippen LogP contribution in [-0.4, -0.2) is 28.3 Å². The Labute approximate surface area is 197 Å². The van der Waals surface area contributed by atoms with Gasteiger partial charge in [-0.05, 0) is 43.5 Å². The lowest BCUT2D eigenvalue weighted by Gasteiger charge is -2.32. The summed E-state index contributed by atoms with van der Waals surface area (Å²) in [6, 6.07) is 16.2. The highest BCUT2D eigenvalue weighted by atomic mass is 16.5. The van der Waals surface area contributed by atoms with Gasteiger partial charge < -0.3 is 14.7 Å². The van der Waals surface area contributed by atoms with Crippen molar-refractivity contribution in [3.8, 4) is 5.75 Å². The molecule has 1 aliphatic rings. The van der Waals surface area contributed by atoms with Crippen LogP contribution in [0.3, 0.4) is 0 Å². The van der Waals surface area contributed by atoms with E-state index in [1.807, 2.05) is 61.5 Å².